The maximum atomic E-state index is 13.1. The Morgan fingerprint density at radius 1 is 1.09 bits per heavy atom. The molecular weight excluding hydrogens is 436 g/mol. The van der Waals surface area contributed by atoms with E-state index in [9.17, 15) is 10.1 Å². The molecule has 0 saturated heterocycles. The van der Waals surface area contributed by atoms with Crippen molar-refractivity contribution < 1.29 is 4.79 Å². The van der Waals surface area contributed by atoms with Gasteiger partial charge in [-0.15, -0.1) is 0 Å². The third kappa shape index (κ3) is 5.82. The van der Waals surface area contributed by atoms with Crippen LogP contribution in [0.15, 0.2) is 30.5 Å². The van der Waals surface area contributed by atoms with Crippen molar-refractivity contribution in [2.24, 2.45) is 0 Å². The molecule has 0 bridgehead atoms. The van der Waals surface area contributed by atoms with Gasteiger partial charge >= 0.3 is 0 Å². The Labute approximate surface area is 200 Å². The summed E-state index contributed by atoms with van der Waals surface area (Å²) in [6.07, 6.45) is 11.9. The van der Waals surface area contributed by atoms with E-state index in [0.29, 0.717) is 22.4 Å². The number of amides is 1. The van der Waals surface area contributed by atoms with Crippen LogP contribution in [-0.2, 0) is 6.54 Å². The smallest absolute Gasteiger partial charge is 0.269 e. The van der Waals surface area contributed by atoms with Gasteiger partial charge in [0.05, 0.1) is 12.2 Å². The zero-order valence-corrected chi connectivity index (χ0v) is 19.9. The van der Waals surface area contributed by atoms with Crippen LogP contribution in [0, 0.1) is 11.3 Å². The molecule has 1 N–H and O–H groups in total. The number of halogens is 1. The summed E-state index contributed by atoms with van der Waals surface area (Å²) in [5.74, 6) is 0.176. The number of anilines is 1. The maximum absolute atomic E-state index is 13.1. The van der Waals surface area contributed by atoms with Crippen molar-refractivity contribution in [3.8, 4) is 6.07 Å². The molecule has 33 heavy (non-hydrogen) atoms. The van der Waals surface area contributed by atoms with Gasteiger partial charge in [-0.3, -0.25) is 20.1 Å². The highest BCUT2D eigenvalue weighted by Gasteiger charge is 2.28. The Kier molecular flexibility index (Phi) is 7.79. The Balaban J connectivity index is 1.46. The van der Waals surface area contributed by atoms with Crippen LogP contribution in [0.4, 0.5) is 5.82 Å². The predicted molar refractivity (Wildman–Crippen MR) is 129 cm³/mol. The van der Waals surface area contributed by atoms with Gasteiger partial charge in [-0.2, -0.15) is 10.2 Å². The lowest BCUT2D eigenvalue weighted by Crippen LogP contribution is -2.48. The van der Waals surface area contributed by atoms with Crippen LogP contribution in [0.25, 0.3) is 0 Å². The van der Waals surface area contributed by atoms with Crippen LogP contribution < -0.4 is 10.4 Å². The molecule has 2 aliphatic carbocycles. The predicted octanol–water partition coefficient (Wildman–Crippen LogP) is 4.86. The summed E-state index contributed by atoms with van der Waals surface area (Å²) < 4.78 is 0. The number of nitrogens with zero attached hydrogens (tertiary/aromatic N) is 5. The summed E-state index contributed by atoms with van der Waals surface area (Å²) in [4.78, 5) is 23.7. The second-order valence-corrected chi connectivity index (χ2v) is 9.54. The number of nitrogens with one attached hydrogen (secondary N) is 1. The zero-order chi connectivity index (χ0) is 23.2. The van der Waals surface area contributed by atoms with Crippen molar-refractivity contribution in [2.75, 3.05) is 12.1 Å². The van der Waals surface area contributed by atoms with Crippen LogP contribution in [-0.4, -0.2) is 39.9 Å². The Bertz CT molecular complexity index is 993. The van der Waals surface area contributed by atoms with Crippen molar-refractivity contribution in [3.05, 3.63) is 52.4 Å². The summed E-state index contributed by atoms with van der Waals surface area (Å²) in [6, 6.07) is 10.5. The molecule has 0 aliphatic heterocycles. The lowest BCUT2D eigenvalue weighted by molar-refractivity contribution is 0.0944. The normalized spacial score (nSPS) is 17.2. The molecule has 2 aliphatic rings. The molecule has 0 atom stereocenters. The summed E-state index contributed by atoms with van der Waals surface area (Å²) in [5.41, 5.74) is 4.77. The SMILES string of the molecule is CN(Cc1ccc(C(=O)NN(c2nc(C#N)ncc2Cl)C2CCCC2)cc1)C1CCCCC1. The minimum absolute atomic E-state index is 0.0260. The second-order valence-electron chi connectivity index (χ2n) is 9.13. The number of carbonyl (C=O) groups excluding carboxylic acids is 1. The molecular formula is C25H31ClN6O. The molecule has 2 aromatic rings. The van der Waals surface area contributed by atoms with E-state index in [4.69, 9.17) is 11.6 Å². The van der Waals surface area contributed by atoms with Gasteiger partial charge in [-0.05, 0) is 50.4 Å². The second kappa shape index (κ2) is 11.0. The third-order valence-corrected chi connectivity index (χ3v) is 7.08. The average Bonchev–Trinajstić information content (AvgIpc) is 3.39. The maximum Gasteiger partial charge on any atom is 0.269 e. The molecule has 1 aromatic carbocycles. The van der Waals surface area contributed by atoms with Crippen molar-refractivity contribution in [3.63, 3.8) is 0 Å². The Morgan fingerprint density at radius 3 is 2.39 bits per heavy atom. The molecule has 8 heteroatoms. The van der Waals surface area contributed by atoms with Crippen LogP contribution in [0.1, 0.15) is 79.5 Å². The number of hydrogen-bond donors (Lipinski definition) is 1. The number of benzene rings is 1. The number of carbonyl (C=O) groups is 1. The van der Waals surface area contributed by atoms with E-state index in [1.54, 1.807) is 5.01 Å². The summed E-state index contributed by atoms with van der Waals surface area (Å²) >= 11 is 6.36. The molecule has 4 rings (SSSR count). The van der Waals surface area contributed by atoms with Crippen molar-refractivity contribution >= 4 is 23.3 Å². The molecule has 0 spiro atoms. The van der Waals surface area contributed by atoms with Gasteiger partial charge in [0.15, 0.2) is 5.82 Å². The fourth-order valence-corrected chi connectivity index (χ4v) is 5.12. The van der Waals surface area contributed by atoms with Crippen molar-refractivity contribution in [1.82, 2.24) is 20.3 Å². The first-order chi connectivity index (χ1) is 16.0. The van der Waals surface area contributed by atoms with Crippen molar-refractivity contribution in [1.29, 1.82) is 5.26 Å². The quantitative estimate of drug-likeness (QED) is 0.586. The van der Waals surface area contributed by atoms with Gasteiger partial charge in [0.1, 0.15) is 11.1 Å². The lowest BCUT2D eigenvalue weighted by Gasteiger charge is -2.31. The molecule has 7 nitrogen and oxygen atoms in total. The van der Waals surface area contributed by atoms with E-state index in [1.807, 2.05) is 30.3 Å². The van der Waals surface area contributed by atoms with E-state index in [-0.39, 0.29) is 17.8 Å². The topological polar surface area (TPSA) is 85.2 Å². The number of nitriles is 1. The van der Waals surface area contributed by atoms with Crippen LogP contribution >= 0.6 is 11.6 Å². The molecule has 2 saturated carbocycles. The summed E-state index contributed by atoms with van der Waals surface area (Å²) in [6.45, 7) is 0.883. The van der Waals surface area contributed by atoms with Gasteiger partial charge in [-0.25, -0.2) is 4.98 Å². The van der Waals surface area contributed by atoms with E-state index >= 15 is 0 Å². The van der Waals surface area contributed by atoms with Gasteiger partial charge in [0.2, 0.25) is 5.82 Å². The fraction of sp³-hybridized carbons (Fsp3) is 0.520. The average molecular weight is 467 g/mol. The van der Waals surface area contributed by atoms with Crippen LogP contribution in [0.2, 0.25) is 5.02 Å². The fourth-order valence-electron chi connectivity index (χ4n) is 4.93. The first-order valence-electron chi connectivity index (χ1n) is 11.9. The number of hydrogen-bond acceptors (Lipinski definition) is 6. The van der Waals surface area contributed by atoms with Gasteiger partial charge in [0, 0.05) is 18.2 Å². The van der Waals surface area contributed by atoms with Crippen LogP contribution in [0.5, 0.6) is 0 Å². The number of rotatable bonds is 7. The number of hydrazine groups is 1. The first kappa shape index (κ1) is 23.5. The Morgan fingerprint density at radius 2 is 1.73 bits per heavy atom. The van der Waals surface area contributed by atoms with E-state index in [0.717, 1.165) is 32.2 Å². The molecule has 2 fully saturated rings. The summed E-state index contributed by atoms with van der Waals surface area (Å²) in [7, 11) is 2.19. The Hall–Kier alpha value is -2.69. The highest BCUT2D eigenvalue weighted by molar-refractivity contribution is 6.32. The molecule has 1 amide bonds. The van der Waals surface area contributed by atoms with E-state index in [1.165, 1.54) is 43.9 Å². The molecule has 1 heterocycles. The van der Waals surface area contributed by atoms with Gasteiger partial charge in [-0.1, -0.05) is 55.8 Å². The van der Waals surface area contributed by atoms with E-state index < -0.39 is 0 Å². The highest BCUT2D eigenvalue weighted by atomic mass is 35.5. The van der Waals surface area contributed by atoms with Crippen LogP contribution in [0.3, 0.4) is 0 Å². The monoisotopic (exact) mass is 466 g/mol. The minimum atomic E-state index is -0.220. The zero-order valence-electron chi connectivity index (χ0n) is 19.1. The van der Waals surface area contributed by atoms with Gasteiger partial charge < -0.3 is 0 Å². The first-order valence-corrected chi connectivity index (χ1v) is 12.2. The molecule has 1 aromatic heterocycles. The molecule has 0 unspecified atom stereocenters. The summed E-state index contributed by atoms with van der Waals surface area (Å²) in [5, 5.41) is 11.2. The lowest BCUT2D eigenvalue weighted by atomic mass is 9.94. The number of aromatic nitrogens is 2. The highest BCUT2D eigenvalue weighted by Crippen LogP contribution is 2.30. The van der Waals surface area contributed by atoms with Crippen molar-refractivity contribution in [2.45, 2.75) is 76.4 Å². The molecule has 0 radical (unpaired) electrons. The van der Waals surface area contributed by atoms with E-state index in [2.05, 4.69) is 27.3 Å². The largest absolute Gasteiger partial charge is 0.299 e. The third-order valence-electron chi connectivity index (χ3n) is 6.81. The van der Waals surface area contributed by atoms with Gasteiger partial charge in [0.25, 0.3) is 5.91 Å². The molecule has 174 valence electrons. The standard InChI is InChI=1S/C25H31ClN6O/c1-31(20-7-3-2-4-8-20)17-18-11-13-19(14-12-18)25(33)30-32(21-9-5-6-10-21)24-22(26)16-28-23(15-27)29-24/h11-14,16,20-21H,2-10,17H2,1H3,(H,30,33). The minimum Gasteiger partial charge on any atom is -0.299 e.